The van der Waals surface area contributed by atoms with Crippen molar-refractivity contribution in [2.24, 2.45) is 5.92 Å². The van der Waals surface area contributed by atoms with E-state index in [0.717, 1.165) is 37.3 Å². The molecule has 4 rings (SSSR count). The maximum atomic E-state index is 12.5. The molecule has 0 radical (unpaired) electrons. The summed E-state index contributed by atoms with van der Waals surface area (Å²) in [5, 5.41) is 4.52. The molecule has 0 bridgehead atoms. The van der Waals surface area contributed by atoms with Crippen molar-refractivity contribution in [3.05, 3.63) is 47.0 Å². The minimum Gasteiger partial charge on any atom is -0.339 e. The molecule has 2 fully saturated rings. The number of likely N-dealkylation sites (tertiary alicyclic amines) is 2. The van der Waals surface area contributed by atoms with Crippen LogP contribution in [0.25, 0.3) is 11.3 Å². The Hall–Kier alpha value is -2.54. The molecule has 4 heterocycles. The van der Waals surface area contributed by atoms with Crippen LogP contribution in [-0.4, -0.2) is 62.2 Å². The maximum Gasteiger partial charge on any atom is 0.266 e. The first-order valence-corrected chi connectivity index (χ1v) is 9.56. The van der Waals surface area contributed by atoms with Gasteiger partial charge in [0.15, 0.2) is 0 Å². The summed E-state index contributed by atoms with van der Waals surface area (Å²) in [6.07, 6.45) is 4.34. The first kappa shape index (κ1) is 17.9. The Balaban J connectivity index is 1.39. The van der Waals surface area contributed by atoms with Crippen LogP contribution in [0.15, 0.2) is 41.5 Å². The monoisotopic (exact) mass is 367 g/mol. The molecule has 2 aliphatic heterocycles. The summed E-state index contributed by atoms with van der Waals surface area (Å²) >= 11 is 0. The van der Waals surface area contributed by atoms with Crippen LogP contribution in [-0.2, 0) is 11.3 Å². The number of aromatic nitrogens is 3. The number of hydrogen-bond donors (Lipinski definition) is 0. The molecule has 7 heteroatoms. The molecule has 0 N–H and O–H groups in total. The van der Waals surface area contributed by atoms with Crippen molar-refractivity contribution in [2.75, 3.05) is 19.6 Å². The summed E-state index contributed by atoms with van der Waals surface area (Å²) in [7, 11) is 0. The Morgan fingerprint density at radius 2 is 1.85 bits per heavy atom. The van der Waals surface area contributed by atoms with Crippen LogP contribution in [0, 0.1) is 5.92 Å². The number of pyridine rings is 1. The largest absolute Gasteiger partial charge is 0.339 e. The normalized spacial score (nSPS) is 21.1. The first-order chi connectivity index (χ1) is 13.0. The Labute approximate surface area is 158 Å². The van der Waals surface area contributed by atoms with Crippen molar-refractivity contribution in [1.29, 1.82) is 0 Å². The highest BCUT2D eigenvalue weighted by Gasteiger charge is 2.42. The van der Waals surface area contributed by atoms with Crippen LogP contribution in [0.1, 0.15) is 20.3 Å². The number of hydrogen-bond acceptors (Lipinski definition) is 5. The predicted molar refractivity (Wildman–Crippen MR) is 102 cm³/mol. The fourth-order valence-corrected chi connectivity index (χ4v) is 4.02. The molecule has 1 unspecified atom stereocenters. The molecule has 0 aromatic carbocycles. The van der Waals surface area contributed by atoms with Crippen molar-refractivity contribution < 1.29 is 4.79 Å². The summed E-state index contributed by atoms with van der Waals surface area (Å²) in [4.78, 5) is 32.9. The Morgan fingerprint density at radius 1 is 1.11 bits per heavy atom. The Kier molecular flexibility index (Phi) is 4.78. The summed E-state index contributed by atoms with van der Waals surface area (Å²) in [6, 6.07) is 7.36. The standard InChI is InChI=1S/C20H25N5O2/c1-14(2)24-10-7-18(20(24)27)23-11-15(12-23)13-25-19(26)4-3-17(22-25)16-5-8-21-9-6-16/h3-6,8-9,14-15,18H,7,10-13H2,1-2H3. The van der Waals surface area contributed by atoms with Gasteiger partial charge in [0.25, 0.3) is 5.56 Å². The number of carbonyl (C=O) groups is 1. The molecule has 1 atom stereocenters. The third-order valence-electron chi connectivity index (χ3n) is 5.53. The van der Waals surface area contributed by atoms with E-state index in [9.17, 15) is 9.59 Å². The highest BCUT2D eigenvalue weighted by molar-refractivity contribution is 5.84. The van der Waals surface area contributed by atoms with E-state index >= 15 is 0 Å². The predicted octanol–water partition coefficient (Wildman–Crippen LogP) is 1.25. The van der Waals surface area contributed by atoms with Crippen molar-refractivity contribution >= 4 is 5.91 Å². The van der Waals surface area contributed by atoms with Gasteiger partial charge in [0.05, 0.1) is 18.3 Å². The SMILES string of the molecule is CC(C)N1CCC(N2CC(Cn3nc(-c4ccncc4)ccc3=O)C2)C1=O. The summed E-state index contributed by atoms with van der Waals surface area (Å²) in [6.45, 7) is 7.24. The maximum absolute atomic E-state index is 12.5. The lowest BCUT2D eigenvalue weighted by Gasteiger charge is -2.42. The summed E-state index contributed by atoms with van der Waals surface area (Å²) < 4.78 is 1.55. The lowest BCUT2D eigenvalue weighted by Crippen LogP contribution is -2.56. The highest BCUT2D eigenvalue weighted by Crippen LogP contribution is 2.27. The second-order valence-corrected chi connectivity index (χ2v) is 7.72. The zero-order valence-corrected chi connectivity index (χ0v) is 15.8. The zero-order valence-electron chi connectivity index (χ0n) is 15.8. The smallest absolute Gasteiger partial charge is 0.266 e. The Bertz CT molecular complexity index is 873. The van der Waals surface area contributed by atoms with Crippen molar-refractivity contribution in [2.45, 2.75) is 38.9 Å². The van der Waals surface area contributed by atoms with E-state index in [1.165, 1.54) is 0 Å². The Morgan fingerprint density at radius 3 is 2.52 bits per heavy atom. The van der Waals surface area contributed by atoms with E-state index < -0.39 is 0 Å². The molecule has 1 amide bonds. The molecular formula is C20H25N5O2. The van der Waals surface area contributed by atoms with Crippen molar-refractivity contribution in [1.82, 2.24) is 24.6 Å². The minimum absolute atomic E-state index is 0.0106. The highest BCUT2D eigenvalue weighted by atomic mass is 16.2. The van der Waals surface area contributed by atoms with Crippen molar-refractivity contribution in [3.8, 4) is 11.3 Å². The van der Waals surface area contributed by atoms with Crippen LogP contribution in [0.2, 0.25) is 0 Å². The molecule has 0 saturated carbocycles. The van der Waals surface area contributed by atoms with Gasteiger partial charge in [0.2, 0.25) is 5.91 Å². The molecule has 2 aliphatic rings. The molecule has 27 heavy (non-hydrogen) atoms. The average molecular weight is 367 g/mol. The van der Waals surface area contributed by atoms with Gasteiger partial charge < -0.3 is 4.90 Å². The van der Waals surface area contributed by atoms with Gasteiger partial charge in [-0.05, 0) is 38.5 Å². The van der Waals surface area contributed by atoms with E-state index in [1.807, 2.05) is 17.0 Å². The molecule has 2 saturated heterocycles. The van der Waals surface area contributed by atoms with E-state index in [-0.39, 0.29) is 23.6 Å². The van der Waals surface area contributed by atoms with Crippen LogP contribution >= 0.6 is 0 Å². The van der Waals surface area contributed by atoms with E-state index in [4.69, 9.17) is 0 Å². The second-order valence-electron chi connectivity index (χ2n) is 7.72. The summed E-state index contributed by atoms with van der Waals surface area (Å²) in [5.41, 5.74) is 1.63. The number of rotatable bonds is 5. The molecule has 2 aromatic rings. The molecule has 2 aromatic heterocycles. The molecule has 0 aliphatic carbocycles. The van der Waals surface area contributed by atoms with Crippen LogP contribution in [0.4, 0.5) is 0 Å². The van der Waals surface area contributed by atoms with Gasteiger partial charge in [-0.15, -0.1) is 0 Å². The average Bonchev–Trinajstić information content (AvgIpc) is 3.01. The molecular weight excluding hydrogens is 342 g/mol. The quantitative estimate of drug-likeness (QED) is 0.795. The molecule has 0 spiro atoms. The number of nitrogens with zero attached hydrogens (tertiary/aromatic N) is 5. The fraction of sp³-hybridized carbons (Fsp3) is 0.500. The minimum atomic E-state index is -0.0887. The van der Waals surface area contributed by atoms with E-state index in [1.54, 1.807) is 29.2 Å². The number of carbonyl (C=O) groups excluding carboxylic acids is 1. The molecule has 142 valence electrons. The third kappa shape index (κ3) is 3.51. The van der Waals surface area contributed by atoms with Gasteiger partial charge in [0, 0.05) is 55.6 Å². The zero-order chi connectivity index (χ0) is 19.0. The van der Waals surface area contributed by atoms with Gasteiger partial charge >= 0.3 is 0 Å². The van der Waals surface area contributed by atoms with Gasteiger partial charge in [-0.25, -0.2) is 4.68 Å². The van der Waals surface area contributed by atoms with Gasteiger partial charge in [-0.3, -0.25) is 19.5 Å². The number of amides is 1. The fourth-order valence-electron chi connectivity index (χ4n) is 4.02. The molecule has 7 nitrogen and oxygen atoms in total. The van der Waals surface area contributed by atoms with Gasteiger partial charge in [0.1, 0.15) is 0 Å². The third-order valence-corrected chi connectivity index (χ3v) is 5.53. The topological polar surface area (TPSA) is 71.3 Å². The lowest BCUT2D eigenvalue weighted by atomic mass is 9.97. The van der Waals surface area contributed by atoms with Crippen LogP contribution in [0.3, 0.4) is 0 Å². The first-order valence-electron chi connectivity index (χ1n) is 9.56. The van der Waals surface area contributed by atoms with E-state index in [0.29, 0.717) is 12.5 Å². The lowest BCUT2D eigenvalue weighted by molar-refractivity contribution is -0.135. The summed E-state index contributed by atoms with van der Waals surface area (Å²) in [5.74, 6) is 0.599. The van der Waals surface area contributed by atoms with Crippen LogP contribution < -0.4 is 5.56 Å². The van der Waals surface area contributed by atoms with Crippen LogP contribution in [0.5, 0.6) is 0 Å². The second kappa shape index (κ2) is 7.23. The van der Waals surface area contributed by atoms with Gasteiger partial charge in [-0.1, -0.05) is 0 Å². The van der Waals surface area contributed by atoms with Crippen molar-refractivity contribution in [3.63, 3.8) is 0 Å². The van der Waals surface area contributed by atoms with E-state index in [2.05, 4.69) is 28.8 Å². The van der Waals surface area contributed by atoms with Gasteiger partial charge in [-0.2, -0.15) is 5.10 Å².